The molecule has 5 rings (SSSR count). The molecule has 1 amide bonds. The van der Waals surface area contributed by atoms with Crippen LogP contribution >= 0.6 is 0 Å². The van der Waals surface area contributed by atoms with Crippen molar-refractivity contribution in [3.63, 3.8) is 0 Å². The molecular formula is C27H35F3N6O5. The zero-order valence-corrected chi connectivity index (χ0v) is 22.8. The molecular weight excluding hydrogens is 545 g/mol. The molecule has 224 valence electrons. The minimum Gasteiger partial charge on any atom is -0.493 e. The van der Waals surface area contributed by atoms with Crippen molar-refractivity contribution >= 4 is 17.8 Å². The van der Waals surface area contributed by atoms with Crippen LogP contribution in [0.1, 0.15) is 23.2 Å². The molecule has 2 aromatic rings. The Morgan fingerprint density at radius 2 is 1.98 bits per heavy atom. The summed E-state index contributed by atoms with van der Waals surface area (Å²) in [6.07, 6.45) is -2.30. The number of morpholine rings is 1. The Kier molecular flexibility index (Phi) is 9.18. The van der Waals surface area contributed by atoms with Gasteiger partial charge in [0.15, 0.2) is 0 Å². The maximum absolute atomic E-state index is 13.4. The Morgan fingerprint density at radius 3 is 2.76 bits per heavy atom. The number of benzene rings is 1. The smallest absolute Gasteiger partial charge is 0.406 e. The SMILES string of the molecule is O=C(CC1Cc2ccc(OCCc3cn4c(n3)NCCN4)cc2CN(CC(F)(F)F)C1=O)OCCN1CCOCC1. The van der Waals surface area contributed by atoms with Crippen LogP contribution in [-0.2, 0) is 38.4 Å². The van der Waals surface area contributed by atoms with E-state index in [-0.39, 0.29) is 26.0 Å². The summed E-state index contributed by atoms with van der Waals surface area (Å²) >= 11 is 0. The maximum atomic E-state index is 13.4. The monoisotopic (exact) mass is 580 g/mol. The van der Waals surface area contributed by atoms with E-state index in [0.717, 1.165) is 42.7 Å². The van der Waals surface area contributed by atoms with Gasteiger partial charge in [0, 0.05) is 45.7 Å². The highest BCUT2D eigenvalue weighted by atomic mass is 19.4. The highest BCUT2D eigenvalue weighted by Crippen LogP contribution is 2.30. The van der Waals surface area contributed by atoms with Gasteiger partial charge in [-0.1, -0.05) is 6.07 Å². The number of rotatable bonds is 10. The molecule has 4 heterocycles. The zero-order valence-electron chi connectivity index (χ0n) is 22.8. The predicted molar refractivity (Wildman–Crippen MR) is 142 cm³/mol. The number of amides is 1. The van der Waals surface area contributed by atoms with Crippen LogP contribution in [-0.4, -0.2) is 103 Å². The van der Waals surface area contributed by atoms with E-state index in [2.05, 4.69) is 20.6 Å². The average Bonchev–Trinajstić information content (AvgIpc) is 3.31. The first-order valence-electron chi connectivity index (χ1n) is 13.9. The van der Waals surface area contributed by atoms with Gasteiger partial charge in [0.2, 0.25) is 11.9 Å². The Bertz CT molecular complexity index is 1190. The van der Waals surface area contributed by atoms with E-state index < -0.39 is 30.5 Å². The molecule has 1 saturated heterocycles. The Morgan fingerprint density at radius 1 is 1.15 bits per heavy atom. The predicted octanol–water partition coefficient (Wildman–Crippen LogP) is 1.80. The van der Waals surface area contributed by atoms with Crippen LogP contribution in [0.5, 0.6) is 5.75 Å². The van der Waals surface area contributed by atoms with Crippen LogP contribution < -0.4 is 15.5 Å². The van der Waals surface area contributed by atoms with E-state index >= 15 is 0 Å². The summed E-state index contributed by atoms with van der Waals surface area (Å²) in [5.41, 5.74) is 5.30. The third-order valence-electron chi connectivity index (χ3n) is 7.30. The van der Waals surface area contributed by atoms with Gasteiger partial charge in [0.25, 0.3) is 0 Å². The van der Waals surface area contributed by atoms with Gasteiger partial charge in [-0.25, -0.2) is 9.66 Å². The first-order chi connectivity index (χ1) is 19.7. The van der Waals surface area contributed by atoms with Crippen molar-refractivity contribution in [2.75, 3.05) is 76.4 Å². The van der Waals surface area contributed by atoms with Crippen molar-refractivity contribution in [3.8, 4) is 5.75 Å². The fourth-order valence-corrected chi connectivity index (χ4v) is 5.23. The Hall–Kier alpha value is -3.52. The minimum atomic E-state index is -4.58. The van der Waals surface area contributed by atoms with Crippen LogP contribution in [0.4, 0.5) is 19.1 Å². The number of hydrogen-bond acceptors (Lipinski definition) is 9. The first-order valence-corrected chi connectivity index (χ1v) is 13.9. The van der Waals surface area contributed by atoms with Crippen molar-refractivity contribution in [2.24, 2.45) is 5.92 Å². The minimum absolute atomic E-state index is 0.140. The van der Waals surface area contributed by atoms with Gasteiger partial charge < -0.3 is 29.9 Å². The lowest BCUT2D eigenvalue weighted by Crippen LogP contribution is -2.41. The summed E-state index contributed by atoms with van der Waals surface area (Å²) in [5, 5.41) is 3.19. The van der Waals surface area contributed by atoms with Crippen LogP contribution in [0.3, 0.4) is 0 Å². The second kappa shape index (κ2) is 13.0. The molecule has 0 aliphatic carbocycles. The van der Waals surface area contributed by atoms with E-state index in [1.807, 2.05) is 10.9 Å². The number of halogens is 3. The number of imidazole rings is 1. The Balaban J connectivity index is 1.21. The van der Waals surface area contributed by atoms with Gasteiger partial charge in [-0.05, 0) is 29.7 Å². The molecule has 1 aromatic heterocycles. The number of hydrogen-bond donors (Lipinski definition) is 2. The van der Waals surface area contributed by atoms with Crippen LogP contribution in [0.2, 0.25) is 0 Å². The molecule has 3 aliphatic heterocycles. The van der Waals surface area contributed by atoms with Crippen molar-refractivity contribution in [2.45, 2.75) is 32.0 Å². The first kappa shape index (κ1) is 29.0. The molecule has 0 saturated carbocycles. The van der Waals surface area contributed by atoms with Crippen LogP contribution in [0.15, 0.2) is 24.4 Å². The van der Waals surface area contributed by atoms with E-state index in [4.69, 9.17) is 14.2 Å². The van der Waals surface area contributed by atoms with Gasteiger partial charge in [0.1, 0.15) is 18.9 Å². The van der Waals surface area contributed by atoms with E-state index in [0.29, 0.717) is 49.7 Å². The molecule has 14 heteroatoms. The molecule has 1 unspecified atom stereocenters. The zero-order chi connectivity index (χ0) is 28.8. The van der Waals surface area contributed by atoms with Crippen molar-refractivity contribution < 1.29 is 37.0 Å². The highest BCUT2D eigenvalue weighted by Gasteiger charge is 2.38. The molecule has 1 fully saturated rings. The molecule has 0 radical (unpaired) electrons. The van der Waals surface area contributed by atoms with Crippen molar-refractivity contribution in [1.82, 2.24) is 19.5 Å². The normalized spacial score (nSPS) is 19.4. The average molecular weight is 581 g/mol. The third-order valence-corrected chi connectivity index (χ3v) is 7.30. The fraction of sp³-hybridized carbons (Fsp3) is 0.593. The molecule has 0 bridgehead atoms. The van der Waals surface area contributed by atoms with Crippen LogP contribution in [0, 0.1) is 5.92 Å². The number of nitrogens with zero attached hydrogens (tertiary/aromatic N) is 4. The number of ether oxygens (including phenoxy) is 3. The van der Waals surface area contributed by atoms with Crippen molar-refractivity contribution in [3.05, 3.63) is 41.2 Å². The lowest BCUT2D eigenvalue weighted by atomic mass is 9.94. The van der Waals surface area contributed by atoms with Crippen LogP contribution in [0.25, 0.3) is 0 Å². The summed E-state index contributed by atoms with van der Waals surface area (Å²) in [7, 11) is 0. The maximum Gasteiger partial charge on any atom is 0.406 e. The molecule has 2 N–H and O–H groups in total. The fourth-order valence-electron chi connectivity index (χ4n) is 5.23. The molecule has 1 aromatic carbocycles. The number of esters is 1. The second-order valence-electron chi connectivity index (χ2n) is 10.4. The quantitative estimate of drug-likeness (QED) is 0.407. The lowest BCUT2D eigenvalue weighted by Gasteiger charge is -2.26. The van der Waals surface area contributed by atoms with Gasteiger partial charge in [-0.15, -0.1) is 0 Å². The Labute approximate surface area is 235 Å². The number of carbonyl (C=O) groups is 2. The van der Waals surface area contributed by atoms with E-state index in [1.54, 1.807) is 18.2 Å². The van der Waals surface area contributed by atoms with Gasteiger partial charge in [-0.2, -0.15) is 13.2 Å². The van der Waals surface area contributed by atoms with Gasteiger partial charge in [-0.3, -0.25) is 14.5 Å². The number of anilines is 1. The highest BCUT2D eigenvalue weighted by molar-refractivity contribution is 5.84. The topological polar surface area (TPSA) is 110 Å². The largest absolute Gasteiger partial charge is 0.493 e. The standard InChI is InChI=1S/C27H35F3N6O5/c28-27(29,30)18-35-16-21-14-23(40-9-3-22-17-36-26(33-22)31-4-5-32-36)2-1-19(21)13-20(25(35)38)15-24(37)41-12-8-34-6-10-39-11-7-34/h1-2,14,17,20,32H,3-13,15-16,18H2,(H,31,33). The lowest BCUT2D eigenvalue weighted by molar-refractivity contribution is -0.166. The van der Waals surface area contributed by atoms with Gasteiger partial charge in [0.05, 0.1) is 44.1 Å². The summed E-state index contributed by atoms with van der Waals surface area (Å²) in [5.74, 6) is -1.03. The summed E-state index contributed by atoms with van der Waals surface area (Å²) in [6.45, 7) is 3.69. The van der Waals surface area contributed by atoms with Crippen molar-refractivity contribution in [1.29, 1.82) is 0 Å². The number of alkyl halides is 3. The van der Waals surface area contributed by atoms with Gasteiger partial charge >= 0.3 is 12.1 Å². The molecule has 0 spiro atoms. The van der Waals surface area contributed by atoms with E-state index in [1.165, 1.54) is 0 Å². The molecule has 11 nitrogen and oxygen atoms in total. The summed E-state index contributed by atoms with van der Waals surface area (Å²) < 4.78 is 58.6. The third kappa shape index (κ3) is 8.03. The number of nitrogens with one attached hydrogen (secondary N) is 2. The summed E-state index contributed by atoms with van der Waals surface area (Å²) in [4.78, 5) is 33.1. The van der Waals surface area contributed by atoms with E-state index in [9.17, 15) is 22.8 Å². The summed E-state index contributed by atoms with van der Waals surface area (Å²) in [6, 6.07) is 5.17. The number of fused-ring (bicyclic) bond motifs is 2. The molecule has 1 atom stereocenters. The molecule has 41 heavy (non-hydrogen) atoms. The molecule has 3 aliphatic rings. The number of aromatic nitrogens is 2. The second-order valence-corrected chi connectivity index (χ2v) is 10.4. The number of carbonyl (C=O) groups excluding carboxylic acids is 2.